The zero-order chi connectivity index (χ0) is 16.8. The number of benzene rings is 1. The third-order valence-electron chi connectivity index (χ3n) is 3.20. The molecule has 0 bridgehead atoms. The van der Waals surface area contributed by atoms with Crippen LogP contribution >= 0.6 is 11.8 Å². The third kappa shape index (κ3) is 6.73. The van der Waals surface area contributed by atoms with E-state index in [1.165, 1.54) is 5.56 Å². The third-order valence-corrected chi connectivity index (χ3v) is 4.47. The molecule has 0 fully saturated rings. The van der Waals surface area contributed by atoms with E-state index in [4.69, 9.17) is 4.74 Å². The minimum Gasteiger partial charge on any atom is -0.480 e. The van der Waals surface area contributed by atoms with Crippen LogP contribution in [0.5, 0.6) is 5.75 Å². The highest BCUT2D eigenvalue weighted by Gasteiger charge is 2.19. The number of carbonyl (C=O) groups is 1. The van der Waals surface area contributed by atoms with Crippen molar-refractivity contribution in [3.8, 4) is 5.75 Å². The molecular formula is C18H29NO2S. The molecule has 0 aliphatic heterocycles. The molecule has 0 aliphatic carbocycles. The summed E-state index contributed by atoms with van der Waals surface area (Å²) in [6, 6.07) is 6.02. The van der Waals surface area contributed by atoms with Gasteiger partial charge in [-0.1, -0.05) is 45.4 Å². The van der Waals surface area contributed by atoms with E-state index < -0.39 is 6.10 Å². The number of nitrogens with one attached hydrogen (secondary N) is 1. The Hall–Kier alpha value is -1.16. The zero-order valence-electron chi connectivity index (χ0n) is 14.7. The van der Waals surface area contributed by atoms with Gasteiger partial charge in [0.1, 0.15) is 5.75 Å². The normalized spacial score (nSPS) is 12.8. The Balaban J connectivity index is 2.51. The molecule has 0 heterocycles. The molecule has 0 aliphatic rings. The summed E-state index contributed by atoms with van der Waals surface area (Å²) >= 11 is 1.85. The topological polar surface area (TPSA) is 38.3 Å². The van der Waals surface area contributed by atoms with E-state index in [9.17, 15) is 4.79 Å². The molecule has 0 spiro atoms. The Labute approximate surface area is 139 Å². The van der Waals surface area contributed by atoms with Crippen LogP contribution in [-0.2, 0) is 4.79 Å². The maximum Gasteiger partial charge on any atom is 0.261 e. The van der Waals surface area contributed by atoms with Crippen molar-refractivity contribution in [2.24, 2.45) is 0 Å². The smallest absolute Gasteiger partial charge is 0.261 e. The summed E-state index contributed by atoms with van der Waals surface area (Å²) in [5.41, 5.74) is 2.26. The summed E-state index contributed by atoms with van der Waals surface area (Å²) in [6.07, 6.45) is 0.229. The van der Waals surface area contributed by atoms with Crippen LogP contribution in [0, 0.1) is 13.8 Å². The van der Waals surface area contributed by atoms with E-state index in [0.29, 0.717) is 13.0 Å². The molecule has 0 unspecified atom stereocenters. The molecule has 1 aromatic rings. The van der Waals surface area contributed by atoms with Gasteiger partial charge in [0.2, 0.25) is 0 Å². The SMILES string of the molecule is CC[C@H](Oc1ccc(C)cc1C)C(=O)NCCSC(C)(C)C. The van der Waals surface area contributed by atoms with E-state index in [2.05, 4.69) is 32.2 Å². The Morgan fingerprint density at radius 1 is 1.32 bits per heavy atom. The predicted molar refractivity (Wildman–Crippen MR) is 95.8 cm³/mol. The molecule has 1 rings (SSSR count). The number of amides is 1. The van der Waals surface area contributed by atoms with Gasteiger partial charge in [-0.15, -0.1) is 0 Å². The van der Waals surface area contributed by atoms with Crippen LogP contribution in [0.1, 0.15) is 45.2 Å². The van der Waals surface area contributed by atoms with Crippen molar-refractivity contribution in [3.63, 3.8) is 0 Å². The summed E-state index contributed by atoms with van der Waals surface area (Å²) in [6.45, 7) is 13.2. The monoisotopic (exact) mass is 323 g/mol. The fraction of sp³-hybridized carbons (Fsp3) is 0.611. The van der Waals surface area contributed by atoms with Crippen LogP contribution < -0.4 is 10.1 Å². The molecule has 0 saturated carbocycles. The fourth-order valence-electron chi connectivity index (χ4n) is 2.05. The van der Waals surface area contributed by atoms with E-state index >= 15 is 0 Å². The van der Waals surface area contributed by atoms with Crippen LogP contribution in [0.3, 0.4) is 0 Å². The van der Waals surface area contributed by atoms with Crippen molar-refractivity contribution in [1.29, 1.82) is 0 Å². The number of hydrogen-bond acceptors (Lipinski definition) is 3. The predicted octanol–water partition coefficient (Wildman–Crippen LogP) is 4.11. The van der Waals surface area contributed by atoms with Crippen LogP contribution in [0.15, 0.2) is 18.2 Å². The second-order valence-electron chi connectivity index (χ2n) is 6.54. The first-order chi connectivity index (χ1) is 10.2. The van der Waals surface area contributed by atoms with E-state index in [-0.39, 0.29) is 10.7 Å². The molecule has 1 N–H and O–H groups in total. The molecule has 1 aromatic carbocycles. The van der Waals surface area contributed by atoms with Gasteiger partial charge in [-0.05, 0) is 31.9 Å². The molecule has 3 nitrogen and oxygen atoms in total. The van der Waals surface area contributed by atoms with Crippen LogP contribution in [0.4, 0.5) is 0 Å². The minimum absolute atomic E-state index is 0.0306. The number of carbonyl (C=O) groups excluding carboxylic acids is 1. The zero-order valence-corrected chi connectivity index (χ0v) is 15.5. The van der Waals surface area contributed by atoms with Gasteiger partial charge in [0.15, 0.2) is 6.10 Å². The van der Waals surface area contributed by atoms with Gasteiger partial charge in [0.05, 0.1) is 0 Å². The Bertz CT molecular complexity index is 494. The maximum absolute atomic E-state index is 12.2. The number of aryl methyl sites for hydroxylation is 2. The lowest BCUT2D eigenvalue weighted by molar-refractivity contribution is -0.128. The summed E-state index contributed by atoms with van der Waals surface area (Å²) in [5.74, 6) is 1.67. The van der Waals surface area contributed by atoms with Crippen LogP contribution in [0.25, 0.3) is 0 Å². The lowest BCUT2D eigenvalue weighted by Crippen LogP contribution is -2.39. The summed E-state index contributed by atoms with van der Waals surface area (Å²) in [4.78, 5) is 12.2. The largest absolute Gasteiger partial charge is 0.480 e. The Kier molecular flexibility index (Phi) is 7.27. The molecule has 0 saturated heterocycles. The maximum atomic E-state index is 12.2. The number of rotatable bonds is 7. The van der Waals surface area contributed by atoms with Crippen molar-refractivity contribution in [2.75, 3.05) is 12.3 Å². The fourth-order valence-corrected chi connectivity index (χ4v) is 2.87. The van der Waals surface area contributed by atoms with Crippen molar-refractivity contribution in [3.05, 3.63) is 29.3 Å². The lowest BCUT2D eigenvalue weighted by Gasteiger charge is -2.20. The lowest BCUT2D eigenvalue weighted by atomic mass is 10.1. The number of ether oxygens (including phenoxy) is 1. The highest BCUT2D eigenvalue weighted by atomic mass is 32.2. The highest BCUT2D eigenvalue weighted by Crippen LogP contribution is 2.22. The van der Waals surface area contributed by atoms with Gasteiger partial charge in [0.25, 0.3) is 5.91 Å². The van der Waals surface area contributed by atoms with Crippen molar-refractivity contribution < 1.29 is 9.53 Å². The Morgan fingerprint density at radius 2 is 2.00 bits per heavy atom. The van der Waals surface area contributed by atoms with Gasteiger partial charge in [-0.25, -0.2) is 0 Å². The van der Waals surface area contributed by atoms with Crippen molar-refractivity contribution in [1.82, 2.24) is 5.32 Å². The minimum atomic E-state index is -0.430. The van der Waals surface area contributed by atoms with Gasteiger partial charge >= 0.3 is 0 Å². The first kappa shape index (κ1) is 18.9. The standard InChI is InChI=1S/C18H29NO2S/c1-7-15(17(20)19-10-11-22-18(4,5)6)21-16-9-8-13(2)12-14(16)3/h8-9,12,15H,7,10-11H2,1-6H3,(H,19,20)/t15-/m0/s1. The molecule has 0 aromatic heterocycles. The summed E-state index contributed by atoms with van der Waals surface area (Å²) in [7, 11) is 0. The molecule has 124 valence electrons. The molecule has 1 amide bonds. The van der Waals surface area contributed by atoms with E-state index in [1.807, 2.05) is 44.7 Å². The van der Waals surface area contributed by atoms with Gasteiger partial charge in [-0.3, -0.25) is 4.79 Å². The second kappa shape index (κ2) is 8.47. The van der Waals surface area contributed by atoms with Crippen LogP contribution in [0.2, 0.25) is 0 Å². The summed E-state index contributed by atoms with van der Waals surface area (Å²) in [5, 5.41) is 2.97. The Morgan fingerprint density at radius 3 is 2.55 bits per heavy atom. The van der Waals surface area contributed by atoms with Crippen molar-refractivity contribution in [2.45, 2.75) is 58.8 Å². The first-order valence-electron chi connectivity index (χ1n) is 7.88. The average molecular weight is 324 g/mol. The summed E-state index contributed by atoms with van der Waals surface area (Å²) < 4.78 is 6.12. The highest BCUT2D eigenvalue weighted by molar-refractivity contribution is 8.00. The molecular weight excluding hydrogens is 294 g/mol. The van der Waals surface area contributed by atoms with Gasteiger partial charge in [-0.2, -0.15) is 11.8 Å². The van der Waals surface area contributed by atoms with Crippen molar-refractivity contribution >= 4 is 17.7 Å². The quantitative estimate of drug-likeness (QED) is 0.768. The number of thioether (sulfide) groups is 1. The van der Waals surface area contributed by atoms with E-state index in [0.717, 1.165) is 17.1 Å². The second-order valence-corrected chi connectivity index (χ2v) is 8.46. The number of hydrogen-bond donors (Lipinski definition) is 1. The van der Waals surface area contributed by atoms with Gasteiger partial charge < -0.3 is 10.1 Å². The molecule has 4 heteroatoms. The molecule has 22 heavy (non-hydrogen) atoms. The van der Waals surface area contributed by atoms with Crippen LogP contribution in [-0.4, -0.2) is 29.1 Å². The average Bonchev–Trinajstić information content (AvgIpc) is 2.41. The first-order valence-corrected chi connectivity index (χ1v) is 8.87. The van der Waals surface area contributed by atoms with Gasteiger partial charge in [0, 0.05) is 17.0 Å². The van der Waals surface area contributed by atoms with E-state index in [1.54, 1.807) is 0 Å². The molecule has 0 radical (unpaired) electrons. The molecule has 1 atom stereocenters.